The topological polar surface area (TPSA) is 0 Å². The van der Waals surface area contributed by atoms with Crippen LogP contribution in [0.15, 0.2) is 163 Å². The lowest BCUT2D eigenvalue weighted by molar-refractivity contribution is 0.636. The molecule has 0 fully saturated rings. The third-order valence-corrected chi connectivity index (χ3v) is 6.71. The van der Waals surface area contributed by atoms with Crippen LogP contribution in [-0.2, 0) is 0 Å². The summed E-state index contributed by atoms with van der Waals surface area (Å²) in [5.41, 5.74) is 15.4. The van der Waals surface area contributed by atoms with Gasteiger partial charge in [-0.3, -0.25) is 4.39 Å². The molecule has 0 saturated carbocycles. The number of halogens is 1. The molecule has 0 atom stereocenters. The molecule has 0 spiro atoms. The minimum absolute atomic E-state index is 0.500. The normalized spacial score (nSPS) is 13.2. The smallest absolute Gasteiger partial charge is 0.0785 e. The Morgan fingerprint density at radius 2 is 1.03 bits per heavy atom. The van der Waals surface area contributed by atoms with Crippen molar-refractivity contribution >= 4 is 17.2 Å². The predicted octanol–water partition coefficient (Wildman–Crippen LogP) is 10.3. The molecule has 1 aliphatic carbocycles. The van der Waals surface area contributed by atoms with E-state index >= 15 is 0 Å². The van der Waals surface area contributed by atoms with Crippen molar-refractivity contribution in [3.8, 4) is 22.3 Å². The second-order valence-corrected chi connectivity index (χ2v) is 9.13. The number of allylic oxidation sites excluding steroid dienone is 4. The summed E-state index contributed by atoms with van der Waals surface area (Å²) < 4.78 is 9.50. The zero-order valence-corrected chi connectivity index (χ0v) is 21.9. The molecule has 0 radical (unpaired) electrons. The van der Waals surface area contributed by atoms with E-state index in [2.05, 4.69) is 157 Å². The van der Waals surface area contributed by atoms with E-state index in [1.807, 2.05) is 6.07 Å². The molecular formula is C38H29F. The van der Waals surface area contributed by atoms with Crippen LogP contribution in [0.5, 0.6) is 0 Å². The molecule has 0 N–H and O–H groups in total. The Labute approximate surface area is 230 Å². The molecule has 5 aromatic rings. The summed E-state index contributed by atoms with van der Waals surface area (Å²) in [6.07, 6.45) is 6.69. The zero-order valence-electron chi connectivity index (χ0n) is 21.9. The van der Waals surface area contributed by atoms with Gasteiger partial charge in [-0.05, 0) is 74.4 Å². The Hall–Kier alpha value is -4.97. The van der Waals surface area contributed by atoms with Gasteiger partial charge in [0.15, 0.2) is 0 Å². The van der Waals surface area contributed by atoms with Crippen molar-refractivity contribution in [2.45, 2.75) is 0 Å². The largest absolute Gasteiger partial charge is 0.255 e. The average Bonchev–Trinajstić information content (AvgIpc) is 3.04. The van der Waals surface area contributed by atoms with Crippen LogP contribution in [-0.4, -0.2) is 7.18 Å². The van der Waals surface area contributed by atoms with Crippen molar-refractivity contribution in [3.05, 3.63) is 180 Å². The monoisotopic (exact) mass is 504 g/mol. The molecule has 0 saturated heterocycles. The third-order valence-electron chi connectivity index (χ3n) is 6.71. The maximum absolute atomic E-state index is 9.50. The lowest BCUT2D eigenvalue weighted by atomic mass is 9.87. The molecule has 0 unspecified atom stereocenters. The predicted molar refractivity (Wildman–Crippen MR) is 165 cm³/mol. The quantitative estimate of drug-likeness (QED) is 0.209. The molecule has 1 heteroatoms. The van der Waals surface area contributed by atoms with E-state index in [4.69, 9.17) is 0 Å². The highest BCUT2D eigenvalue weighted by Crippen LogP contribution is 2.36. The molecule has 39 heavy (non-hydrogen) atoms. The lowest BCUT2D eigenvalue weighted by Gasteiger charge is -2.16. The first kappa shape index (κ1) is 25.7. The van der Waals surface area contributed by atoms with Crippen LogP contribution in [0.2, 0.25) is 0 Å². The van der Waals surface area contributed by atoms with Crippen molar-refractivity contribution in [1.29, 1.82) is 0 Å². The van der Waals surface area contributed by atoms with E-state index in [1.165, 1.54) is 44.5 Å². The van der Waals surface area contributed by atoms with Crippen LogP contribution >= 0.6 is 0 Å². The summed E-state index contributed by atoms with van der Waals surface area (Å²) in [4.78, 5) is 0. The van der Waals surface area contributed by atoms with Crippen molar-refractivity contribution in [3.63, 3.8) is 0 Å². The van der Waals surface area contributed by atoms with Crippen LogP contribution in [0.25, 0.3) is 39.5 Å². The molecule has 0 bridgehead atoms. The average molecular weight is 505 g/mol. The second kappa shape index (κ2) is 12.5. The van der Waals surface area contributed by atoms with E-state index in [-0.39, 0.29) is 0 Å². The van der Waals surface area contributed by atoms with Gasteiger partial charge in [-0.1, -0.05) is 133 Å². The van der Waals surface area contributed by atoms with Crippen molar-refractivity contribution in [2.24, 2.45) is 0 Å². The van der Waals surface area contributed by atoms with Crippen LogP contribution in [0.1, 0.15) is 16.7 Å². The summed E-state index contributed by atoms with van der Waals surface area (Å²) in [5.74, 6) is 0. The van der Waals surface area contributed by atoms with Crippen LogP contribution in [0, 0.1) is 0 Å². The van der Waals surface area contributed by atoms with Gasteiger partial charge in [0.1, 0.15) is 0 Å². The molecule has 0 amide bonds. The first-order valence-corrected chi connectivity index (χ1v) is 13.0. The number of alkyl halides is 1. The Morgan fingerprint density at radius 1 is 0.513 bits per heavy atom. The van der Waals surface area contributed by atoms with E-state index in [0.717, 1.165) is 11.1 Å². The minimum Gasteiger partial charge on any atom is -0.255 e. The fourth-order valence-electron chi connectivity index (χ4n) is 4.80. The van der Waals surface area contributed by atoms with E-state index in [0.29, 0.717) is 7.18 Å². The number of benzene rings is 5. The molecule has 0 aromatic heterocycles. The van der Waals surface area contributed by atoms with E-state index in [1.54, 1.807) is 0 Å². The number of hydrogen-bond acceptors (Lipinski definition) is 0. The summed E-state index contributed by atoms with van der Waals surface area (Å²) in [6, 6.07) is 49.1. The van der Waals surface area contributed by atoms with Gasteiger partial charge in [0, 0.05) is 5.57 Å². The maximum atomic E-state index is 9.50. The molecule has 1 aliphatic rings. The zero-order chi connectivity index (χ0) is 26.9. The summed E-state index contributed by atoms with van der Waals surface area (Å²) in [5, 5.41) is 0. The Bertz CT molecular complexity index is 1650. The van der Waals surface area contributed by atoms with Gasteiger partial charge in [-0.2, -0.15) is 0 Å². The van der Waals surface area contributed by atoms with Crippen molar-refractivity contribution < 1.29 is 4.39 Å². The molecule has 188 valence electrons. The Balaban J connectivity index is 0.00000151. The summed E-state index contributed by atoms with van der Waals surface area (Å²) in [6.45, 7) is 0. The SMILES string of the molecule is C1=C/C(=C\c2ccc(-c3ccccc3)cc2-c2ccccc2)C(c2ccccc2)=CC=1c1ccccc1.CF. The molecule has 0 heterocycles. The van der Waals surface area contributed by atoms with Crippen LogP contribution < -0.4 is 0 Å². The van der Waals surface area contributed by atoms with E-state index < -0.39 is 0 Å². The van der Waals surface area contributed by atoms with Crippen molar-refractivity contribution in [1.82, 2.24) is 0 Å². The third kappa shape index (κ3) is 5.96. The highest BCUT2D eigenvalue weighted by molar-refractivity contribution is 5.98. The Morgan fingerprint density at radius 3 is 1.62 bits per heavy atom. The summed E-state index contributed by atoms with van der Waals surface area (Å²) >= 11 is 0. The fourth-order valence-corrected chi connectivity index (χ4v) is 4.80. The first-order chi connectivity index (χ1) is 19.3. The fraction of sp³-hybridized carbons (Fsp3) is 0.0263. The second-order valence-electron chi connectivity index (χ2n) is 9.13. The van der Waals surface area contributed by atoms with Gasteiger partial charge < -0.3 is 0 Å². The molecule has 5 aromatic carbocycles. The van der Waals surface area contributed by atoms with Crippen LogP contribution in [0.4, 0.5) is 4.39 Å². The molecule has 6 rings (SSSR count). The standard InChI is InChI=1S/C37H26.CH3F/c1-5-13-28(14-6-1)32-21-23-34(36(26-32)30-17-9-3-10-18-30)25-35-24-22-33(29-15-7-2-8-16-29)27-37(35)31-19-11-4-12-20-31;1-2/h1-21,23-27H;1H3/b35-25+;. The number of rotatable bonds is 5. The number of hydrogen-bond donors (Lipinski definition) is 0. The highest BCUT2D eigenvalue weighted by atomic mass is 19.1. The van der Waals surface area contributed by atoms with Gasteiger partial charge in [-0.25, -0.2) is 0 Å². The minimum atomic E-state index is 0.500. The van der Waals surface area contributed by atoms with Gasteiger partial charge in [0.25, 0.3) is 0 Å². The van der Waals surface area contributed by atoms with Gasteiger partial charge in [-0.15, -0.1) is 5.73 Å². The van der Waals surface area contributed by atoms with Crippen molar-refractivity contribution in [2.75, 3.05) is 7.18 Å². The first-order valence-electron chi connectivity index (χ1n) is 13.0. The Kier molecular flexibility index (Phi) is 8.24. The van der Waals surface area contributed by atoms with Gasteiger partial charge in [0.2, 0.25) is 0 Å². The molecule has 0 aliphatic heterocycles. The summed E-state index contributed by atoms with van der Waals surface area (Å²) in [7, 11) is 0.500. The molecular weight excluding hydrogens is 475 g/mol. The maximum Gasteiger partial charge on any atom is 0.0785 e. The van der Waals surface area contributed by atoms with Gasteiger partial charge >= 0.3 is 0 Å². The highest BCUT2D eigenvalue weighted by Gasteiger charge is 2.14. The lowest BCUT2D eigenvalue weighted by Crippen LogP contribution is -1.94. The van der Waals surface area contributed by atoms with Crippen LogP contribution in [0.3, 0.4) is 0 Å². The van der Waals surface area contributed by atoms with Gasteiger partial charge in [0.05, 0.1) is 7.18 Å². The molecule has 0 nitrogen and oxygen atoms in total. The van der Waals surface area contributed by atoms with E-state index in [9.17, 15) is 4.39 Å².